The lowest BCUT2D eigenvalue weighted by molar-refractivity contribution is 0.0937. The van der Waals surface area contributed by atoms with Gasteiger partial charge in [0.25, 0.3) is 5.91 Å². The molecule has 1 unspecified atom stereocenters. The first kappa shape index (κ1) is 19.0. The number of carbonyl (C=O) groups is 1. The Balaban J connectivity index is 1.84. The van der Waals surface area contributed by atoms with E-state index in [0.717, 1.165) is 35.6 Å². The summed E-state index contributed by atoms with van der Waals surface area (Å²) in [5.74, 6) is 2.10. The fraction of sp³-hybridized carbons (Fsp3) is 0.364. The third-order valence-electron chi connectivity index (χ3n) is 4.70. The van der Waals surface area contributed by atoms with Crippen molar-refractivity contribution in [3.05, 3.63) is 59.9 Å². The van der Waals surface area contributed by atoms with Crippen molar-refractivity contribution >= 4 is 16.9 Å². The molecule has 3 aromatic rings. The van der Waals surface area contributed by atoms with Crippen LogP contribution in [0.5, 0.6) is 5.75 Å². The monoisotopic (exact) mass is 365 g/mol. The molecular weight excluding hydrogens is 338 g/mol. The van der Waals surface area contributed by atoms with E-state index in [0.29, 0.717) is 11.5 Å². The number of amides is 1. The summed E-state index contributed by atoms with van der Waals surface area (Å²) in [6.45, 7) is 7.30. The predicted molar refractivity (Wildman–Crippen MR) is 108 cm³/mol. The van der Waals surface area contributed by atoms with Gasteiger partial charge < -0.3 is 14.6 Å². The minimum absolute atomic E-state index is 0.118. The molecule has 1 aromatic heterocycles. The highest BCUT2D eigenvalue weighted by Gasteiger charge is 2.19. The third kappa shape index (κ3) is 4.30. The lowest BCUT2D eigenvalue weighted by Crippen LogP contribution is -2.28. The Morgan fingerprint density at radius 1 is 1.11 bits per heavy atom. The molecule has 1 amide bonds. The van der Waals surface area contributed by atoms with E-state index in [1.165, 1.54) is 0 Å². The van der Waals surface area contributed by atoms with Crippen LogP contribution in [0.2, 0.25) is 0 Å². The molecule has 1 heterocycles. The Labute approximate surface area is 160 Å². The molecule has 2 aromatic carbocycles. The highest BCUT2D eigenvalue weighted by Crippen LogP contribution is 2.22. The normalized spacial score (nSPS) is 12.3. The Morgan fingerprint density at radius 2 is 1.81 bits per heavy atom. The number of hydrogen-bond acceptors (Lipinski definition) is 3. The number of ether oxygens (including phenoxy) is 1. The number of carbonyl (C=O) groups excluding carboxylic acids is 1. The summed E-state index contributed by atoms with van der Waals surface area (Å²) in [5.41, 5.74) is 2.67. The van der Waals surface area contributed by atoms with Crippen LogP contribution < -0.4 is 10.1 Å². The van der Waals surface area contributed by atoms with E-state index < -0.39 is 0 Å². The molecule has 5 nitrogen and oxygen atoms in total. The maximum absolute atomic E-state index is 12.6. The number of nitrogens with one attached hydrogen (secondary N) is 1. The fourth-order valence-corrected chi connectivity index (χ4v) is 3.13. The van der Waals surface area contributed by atoms with Gasteiger partial charge in [-0.15, -0.1) is 0 Å². The average molecular weight is 365 g/mol. The van der Waals surface area contributed by atoms with Crippen LogP contribution in [-0.2, 0) is 6.54 Å². The smallest absolute Gasteiger partial charge is 0.251 e. The first-order chi connectivity index (χ1) is 13.0. The molecule has 0 radical (unpaired) electrons. The van der Waals surface area contributed by atoms with E-state index in [4.69, 9.17) is 9.72 Å². The highest BCUT2D eigenvalue weighted by atomic mass is 16.5. The zero-order valence-corrected chi connectivity index (χ0v) is 16.4. The molecule has 1 atom stereocenters. The minimum atomic E-state index is -0.195. The lowest BCUT2D eigenvalue weighted by atomic mass is 10.1. The number of aryl methyl sites for hydroxylation is 1. The second kappa shape index (κ2) is 8.25. The molecule has 0 saturated carbocycles. The van der Waals surface area contributed by atoms with Crippen LogP contribution in [0.4, 0.5) is 0 Å². The molecule has 27 heavy (non-hydrogen) atoms. The summed E-state index contributed by atoms with van der Waals surface area (Å²) in [4.78, 5) is 17.4. The molecule has 0 bridgehead atoms. The van der Waals surface area contributed by atoms with Crippen molar-refractivity contribution in [1.29, 1.82) is 0 Å². The van der Waals surface area contributed by atoms with Gasteiger partial charge >= 0.3 is 0 Å². The van der Waals surface area contributed by atoms with Crippen LogP contribution in [0.15, 0.2) is 48.5 Å². The number of benzene rings is 2. The number of nitrogens with zero attached hydrogens (tertiary/aromatic N) is 2. The van der Waals surface area contributed by atoms with E-state index in [1.54, 1.807) is 31.4 Å². The van der Waals surface area contributed by atoms with Gasteiger partial charge in [-0.05, 0) is 55.7 Å². The van der Waals surface area contributed by atoms with E-state index >= 15 is 0 Å². The maximum Gasteiger partial charge on any atom is 0.251 e. The molecule has 0 saturated heterocycles. The summed E-state index contributed by atoms with van der Waals surface area (Å²) < 4.78 is 7.38. The van der Waals surface area contributed by atoms with Crippen molar-refractivity contribution in [2.24, 2.45) is 5.92 Å². The Kier molecular flexibility index (Phi) is 5.79. The maximum atomic E-state index is 12.6. The average Bonchev–Trinajstić information content (AvgIpc) is 3.05. The van der Waals surface area contributed by atoms with Crippen LogP contribution in [0.25, 0.3) is 11.0 Å². The van der Waals surface area contributed by atoms with Crippen molar-refractivity contribution in [1.82, 2.24) is 14.9 Å². The number of rotatable bonds is 7. The van der Waals surface area contributed by atoms with Gasteiger partial charge in [0.05, 0.1) is 24.2 Å². The van der Waals surface area contributed by atoms with Crippen LogP contribution in [0, 0.1) is 5.92 Å². The number of fused-ring (bicyclic) bond motifs is 1. The van der Waals surface area contributed by atoms with Crippen LogP contribution in [0.1, 0.15) is 49.4 Å². The van der Waals surface area contributed by atoms with Gasteiger partial charge in [0.15, 0.2) is 0 Å². The van der Waals surface area contributed by atoms with Crippen molar-refractivity contribution in [2.45, 2.75) is 39.8 Å². The van der Waals surface area contributed by atoms with Crippen molar-refractivity contribution in [3.63, 3.8) is 0 Å². The van der Waals surface area contributed by atoms with Gasteiger partial charge in [-0.2, -0.15) is 0 Å². The zero-order valence-electron chi connectivity index (χ0n) is 16.4. The second-order valence-electron chi connectivity index (χ2n) is 7.22. The predicted octanol–water partition coefficient (Wildman–Crippen LogP) is 4.58. The van der Waals surface area contributed by atoms with Gasteiger partial charge in [-0.1, -0.05) is 26.0 Å². The first-order valence-corrected chi connectivity index (χ1v) is 9.39. The van der Waals surface area contributed by atoms with Crippen LogP contribution >= 0.6 is 0 Å². The molecule has 0 aliphatic heterocycles. The highest BCUT2D eigenvalue weighted by molar-refractivity contribution is 5.94. The molecule has 5 heteroatoms. The largest absolute Gasteiger partial charge is 0.497 e. The fourth-order valence-electron chi connectivity index (χ4n) is 3.13. The lowest BCUT2D eigenvalue weighted by Gasteiger charge is -2.17. The summed E-state index contributed by atoms with van der Waals surface area (Å²) in [5, 5.41) is 3.08. The van der Waals surface area contributed by atoms with Gasteiger partial charge in [0.2, 0.25) is 0 Å². The van der Waals surface area contributed by atoms with Gasteiger partial charge in [0, 0.05) is 12.1 Å². The van der Waals surface area contributed by atoms with Crippen molar-refractivity contribution in [2.75, 3.05) is 7.11 Å². The number of methoxy groups -OCH3 is 1. The molecular formula is C22H27N3O2. The topological polar surface area (TPSA) is 56.1 Å². The molecule has 142 valence electrons. The number of aromatic nitrogens is 2. The molecule has 1 N–H and O–H groups in total. The third-order valence-corrected chi connectivity index (χ3v) is 4.70. The van der Waals surface area contributed by atoms with Gasteiger partial charge in [-0.3, -0.25) is 4.79 Å². The molecule has 3 rings (SSSR count). The zero-order chi connectivity index (χ0) is 19.4. The minimum Gasteiger partial charge on any atom is -0.497 e. The van der Waals surface area contributed by atoms with E-state index in [-0.39, 0.29) is 11.9 Å². The summed E-state index contributed by atoms with van der Waals surface area (Å²) >= 11 is 0. The SMILES string of the molecule is COc1ccc(C(=O)NC(C)c2nc3ccccc3n2CCC(C)C)cc1. The first-order valence-electron chi connectivity index (χ1n) is 9.39. The second-order valence-corrected chi connectivity index (χ2v) is 7.22. The van der Waals surface area contributed by atoms with E-state index in [9.17, 15) is 4.79 Å². The van der Waals surface area contributed by atoms with Crippen molar-refractivity contribution < 1.29 is 9.53 Å². The van der Waals surface area contributed by atoms with Crippen molar-refractivity contribution in [3.8, 4) is 5.75 Å². The molecule has 0 fully saturated rings. The Bertz CT molecular complexity index is 913. The van der Waals surface area contributed by atoms with E-state index in [2.05, 4.69) is 29.8 Å². The number of para-hydroxylation sites is 2. The Hall–Kier alpha value is -2.82. The summed E-state index contributed by atoms with van der Waals surface area (Å²) in [6.07, 6.45) is 1.06. The standard InChI is InChI=1S/C22H27N3O2/c1-15(2)13-14-25-20-8-6-5-7-19(20)24-21(25)16(3)23-22(26)17-9-11-18(27-4)12-10-17/h5-12,15-16H,13-14H2,1-4H3,(H,23,26). The van der Waals surface area contributed by atoms with Crippen LogP contribution in [0.3, 0.4) is 0 Å². The molecule has 0 aliphatic rings. The Morgan fingerprint density at radius 3 is 2.48 bits per heavy atom. The molecule has 0 aliphatic carbocycles. The number of imidazole rings is 1. The quantitative estimate of drug-likeness (QED) is 0.667. The number of hydrogen-bond donors (Lipinski definition) is 1. The summed E-state index contributed by atoms with van der Waals surface area (Å²) in [6, 6.07) is 15.0. The van der Waals surface area contributed by atoms with Gasteiger partial charge in [0.1, 0.15) is 11.6 Å². The van der Waals surface area contributed by atoms with Gasteiger partial charge in [-0.25, -0.2) is 4.98 Å². The molecule has 0 spiro atoms. The summed E-state index contributed by atoms with van der Waals surface area (Å²) in [7, 11) is 1.61. The van der Waals surface area contributed by atoms with E-state index in [1.807, 2.05) is 25.1 Å². The van der Waals surface area contributed by atoms with Crippen LogP contribution in [-0.4, -0.2) is 22.6 Å².